The molecule has 1 heterocycles. The number of amides is 2. The monoisotopic (exact) mass is 278 g/mol. The molecular weight excluding hydrogens is 264 g/mol. The Kier molecular flexibility index (Phi) is 4.59. The Labute approximate surface area is 115 Å². The Balaban J connectivity index is 2.05. The lowest BCUT2D eigenvalue weighted by atomic mass is 9.94. The fourth-order valence-electron chi connectivity index (χ4n) is 1.79. The van der Waals surface area contributed by atoms with Crippen molar-refractivity contribution in [2.75, 3.05) is 6.61 Å². The van der Waals surface area contributed by atoms with E-state index in [-0.39, 0.29) is 24.8 Å². The highest BCUT2D eigenvalue weighted by Gasteiger charge is 2.29. The Hall–Kier alpha value is -1.79. The molecule has 0 saturated heterocycles. The van der Waals surface area contributed by atoms with Crippen molar-refractivity contribution >= 4 is 23.8 Å². The van der Waals surface area contributed by atoms with Crippen molar-refractivity contribution in [3.8, 4) is 0 Å². The number of nitrogens with one attached hydrogen (secondary N) is 2. The Morgan fingerprint density at radius 2 is 2.32 bits per heavy atom. The number of hydrogen-bond donors (Lipinski definition) is 2. The molecule has 2 N–H and O–H groups in total. The number of rotatable bonds is 5. The lowest BCUT2D eigenvalue weighted by Gasteiger charge is -2.23. The lowest BCUT2D eigenvalue weighted by molar-refractivity contribution is -0.135. The molecule has 100 valence electrons. The molecule has 0 bridgehead atoms. The number of benzene rings is 1. The smallest absolute Gasteiger partial charge is 0.244 e. The Bertz CT molecular complexity index is 504. The zero-order valence-electron chi connectivity index (χ0n) is 10.2. The summed E-state index contributed by atoms with van der Waals surface area (Å²) in [5, 5.41) is 0. The number of hydrogen-bond acceptors (Lipinski definition) is 4. The van der Waals surface area contributed by atoms with E-state index in [1.165, 1.54) is 18.0 Å². The van der Waals surface area contributed by atoms with Gasteiger partial charge >= 0.3 is 0 Å². The van der Waals surface area contributed by atoms with Crippen LogP contribution in [0, 0.1) is 0 Å². The average molecular weight is 278 g/mol. The van der Waals surface area contributed by atoms with Gasteiger partial charge in [0.2, 0.25) is 11.8 Å². The molecule has 6 heteroatoms. The average Bonchev–Trinajstić information content (AvgIpc) is 2.42. The van der Waals surface area contributed by atoms with Crippen molar-refractivity contribution in [1.82, 2.24) is 10.2 Å². The van der Waals surface area contributed by atoms with Gasteiger partial charge in [-0.15, -0.1) is 6.58 Å². The Morgan fingerprint density at radius 1 is 1.53 bits per heavy atom. The van der Waals surface area contributed by atoms with Crippen molar-refractivity contribution < 1.29 is 14.4 Å². The van der Waals surface area contributed by atoms with Crippen molar-refractivity contribution in [2.45, 2.75) is 17.2 Å². The van der Waals surface area contributed by atoms with Crippen LogP contribution in [-0.4, -0.2) is 18.4 Å². The molecule has 1 aliphatic heterocycles. The molecule has 0 aliphatic carbocycles. The molecule has 1 aromatic carbocycles. The van der Waals surface area contributed by atoms with Crippen molar-refractivity contribution in [3.05, 3.63) is 42.5 Å². The summed E-state index contributed by atoms with van der Waals surface area (Å²) < 4.78 is 2.70. The first-order chi connectivity index (χ1) is 9.22. The third-order valence-electron chi connectivity index (χ3n) is 2.65. The molecule has 1 aliphatic rings. The van der Waals surface area contributed by atoms with E-state index in [0.29, 0.717) is 0 Å². The van der Waals surface area contributed by atoms with Crippen molar-refractivity contribution in [2.24, 2.45) is 0 Å². The normalized spacial score (nSPS) is 17.3. The summed E-state index contributed by atoms with van der Waals surface area (Å²) in [5.74, 6) is -0.976. The minimum atomic E-state index is -0.482. The molecule has 0 radical (unpaired) electrons. The molecule has 0 spiro atoms. The van der Waals surface area contributed by atoms with Gasteiger partial charge in [-0.1, -0.05) is 24.3 Å². The fourth-order valence-corrected chi connectivity index (χ4v) is 2.62. The predicted molar refractivity (Wildman–Crippen MR) is 72.1 cm³/mol. The van der Waals surface area contributed by atoms with E-state index in [2.05, 4.69) is 16.8 Å². The van der Waals surface area contributed by atoms with Gasteiger partial charge in [0.05, 0.1) is 12.5 Å². The van der Waals surface area contributed by atoms with Crippen LogP contribution in [0.4, 0.5) is 0 Å². The molecule has 0 saturated carbocycles. The predicted octanol–water partition coefficient (Wildman–Crippen LogP) is 1.53. The quantitative estimate of drug-likeness (QED) is 0.371. The Morgan fingerprint density at radius 3 is 3.11 bits per heavy atom. The third kappa shape index (κ3) is 3.36. The van der Waals surface area contributed by atoms with Gasteiger partial charge in [-0.3, -0.25) is 19.1 Å². The van der Waals surface area contributed by atoms with Crippen LogP contribution in [0.1, 0.15) is 17.9 Å². The summed E-state index contributed by atoms with van der Waals surface area (Å²) in [6, 6.07) is 7.53. The first-order valence-corrected chi connectivity index (χ1v) is 6.61. The molecule has 2 amide bonds. The standard InChI is InChI=1S/C13H14N2O3S/c1-2-7-18-14-12(16)8-10-9-5-3-4-6-11(9)19-15-13(10)17/h2-6,10H,1,7-8H2,(H,14,16)(H,15,17). The highest BCUT2D eigenvalue weighted by atomic mass is 32.2. The molecule has 5 nitrogen and oxygen atoms in total. The summed E-state index contributed by atoms with van der Waals surface area (Å²) in [4.78, 5) is 29.4. The first-order valence-electron chi connectivity index (χ1n) is 5.79. The van der Waals surface area contributed by atoms with Crippen molar-refractivity contribution in [3.63, 3.8) is 0 Å². The summed E-state index contributed by atoms with van der Waals surface area (Å²) in [6.07, 6.45) is 1.58. The molecular formula is C13H14N2O3S. The number of fused-ring (bicyclic) bond motifs is 1. The van der Waals surface area contributed by atoms with E-state index in [0.717, 1.165) is 10.5 Å². The van der Waals surface area contributed by atoms with E-state index >= 15 is 0 Å². The SMILES string of the molecule is C=CCONC(=O)CC1C(=O)NSc2ccccc21. The summed E-state index contributed by atoms with van der Waals surface area (Å²) in [5.41, 5.74) is 3.16. The number of carbonyl (C=O) groups excluding carboxylic acids is 2. The summed E-state index contributed by atoms with van der Waals surface area (Å²) >= 11 is 1.27. The second kappa shape index (κ2) is 6.40. The first kappa shape index (κ1) is 13.6. The van der Waals surface area contributed by atoms with Gasteiger partial charge in [-0.05, 0) is 23.6 Å². The van der Waals surface area contributed by atoms with E-state index in [9.17, 15) is 9.59 Å². The third-order valence-corrected chi connectivity index (χ3v) is 3.54. The van der Waals surface area contributed by atoms with Crippen LogP contribution in [-0.2, 0) is 14.4 Å². The van der Waals surface area contributed by atoms with E-state index in [1.807, 2.05) is 24.3 Å². The van der Waals surface area contributed by atoms with Crippen LogP contribution in [0.5, 0.6) is 0 Å². The fraction of sp³-hybridized carbons (Fsp3) is 0.231. The second-order valence-electron chi connectivity index (χ2n) is 3.99. The van der Waals surface area contributed by atoms with Crippen LogP contribution in [0.3, 0.4) is 0 Å². The lowest BCUT2D eigenvalue weighted by Crippen LogP contribution is -2.33. The maximum atomic E-state index is 11.9. The number of carbonyl (C=O) groups is 2. The van der Waals surface area contributed by atoms with Crippen LogP contribution in [0.2, 0.25) is 0 Å². The largest absolute Gasteiger partial charge is 0.295 e. The van der Waals surface area contributed by atoms with Gasteiger partial charge in [-0.25, -0.2) is 5.48 Å². The van der Waals surface area contributed by atoms with Gasteiger partial charge < -0.3 is 0 Å². The van der Waals surface area contributed by atoms with Gasteiger partial charge in [0.1, 0.15) is 0 Å². The maximum absolute atomic E-state index is 11.9. The van der Waals surface area contributed by atoms with E-state index in [1.54, 1.807) is 0 Å². The summed E-state index contributed by atoms with van der Waals surface area (Å²) in [7, 11) is 0. The van der Waals surface area contributed by atoms with Gasteiger partial charge in [0, 0.05) is 11.3 Å². The molecule has 1 unspecified atom stereocenters. The highest BCUT2D eigenvalue weighted by molar-refractivity contribution is 7.98. The second-order valence-corrected chi connectivity index (χ2v) is 4.84. The van der Waals surface area contributed by atoms with Crippen molar-refractivity contribution in [1.29, 1.82) is 0 Å². The van der Waals surface area contributed by atoms with Crippen LogP contribution in [0.15, 0.2) is 41.8 Å². The number of hydroxylamine groups is 1. The molecule has 0 aromatic heterocycles. The molecule has 19 heavy (non-hydrogen) atoms. The zero-order chi connectivity index (χ0) is 13.7. The molecule has 2 rings (SSSR count). The van der Waals surface area contributed by atoms with Gasteiger partial charge in [0.25, 0.3) is 0 Å². The topological polar surface area (TPSA) is 67.4 Å². The van der Waals surface area contributed by atoms with Crippen LogP contribution in [0.25, 0.3) is 0 Å². The van der Waals surface area contributed by atoms with Gasteiger partial charge in [0.15, 0.2) is 0 Å². The maximum Gasteiger partial charge on any atom is 0.244 e. The van der Waals surface area contributed by atoms with Gasteiger partial charge in [-0.2, -0.15) is 0 Å². The highest BCUT2D eigenvalue weighted by Crippen LogP contribution is 2.34. The molecule has 1 aromatic rings. The zero-order valence-corrected chi connectivity index (χ0v) is 11.0. The summed E-state index contributed by atoms with van der Waals surface area (Å²) in [6.45, 7) is 3.70. The molecule has 0 fully saturated rings. The molecule has 1 atom stereocenters. The van der Waals surface area contributed by atoms with Crippen LogP contribution < -0.4 is 10.2 Å². The van der Waals surface area contributed by atoms with Crippen LogP contribution >= 0.6 is 11.9 Å². The minimum Gasteiger partial charge on any atom is -0.295 e. The van der Waals surface area contributed by atoms with E-state index in [4.69, 9.17) is 4.84 Å². The minimum absolute atomic E-state index is 0.0561. The van der Waals surface area contributed by atoms with E-state index < -0.39 is 5.92 Å².